The molecule has 0 radical (unpaired) electrons. The minimum atomic E-state index is -0.692. The number of benzene rings is 1. The van der Waals surface area contributed by atoms with Crippen molar-refractivity contribution in [1.82, 2.24) is 10.2 Å². The molecule has 2 N–H and O–H groups in total. The summed E-state index contributed by atoms with van der Waals surface area (Å²) in [6.45, 7) is 4.10. The van der Waals surface area contributed by atoms with Crippen LogP contribution in [-0.2, 0) is 11.2 Å². The van der Waals surface area contributed by atoms with Gasteiger partial charge < -0.3 is 10.4 Å². The number of aromatic nitrogens is 2. The second kappa shape index (κ2) is 8.42. The van der Waals surface area contributed by atoms with Crippen molar-refractivity contribution in [3.63, 3.8) is 0 Å². The molecule has 6 heteroatoms. The van der Waals surface area contributed by atoms with Gasteiger partial charge in [-0.3, -0.25) is 4.79 Å². The zero-order valence-corrected chi connectivity index (χ0v) is 19.6. The van der Waals surface area contributed by atoms with Crippen LogP contribution in [0.4, 0.5) is 5.82 Å². The third-order valence-corrected chi connectivity index (χ3v) is 8.69. The Kier molecular flexibility index (Phi) is 5.75. The number of hydrogen-bond donors (Lipinski definition) is 2. The summed E-state index contributed by atoms with van der Waals surface area (Å²) in [6.07, 6.45) is 5.62. The van der Waals surface area contributed by atoms with Crippen LogP contribution in [0.25, 0.3) is 0 Å². The fourth-order valence-electron chi connectivity index (χ4n) is 6.97. The van der Waals surface area contributed by atoms with Crippen molar-refractivity contribution in [2.24, 2.45) is 23.2 Å². The number of hydrogen-bond acceptors (Lipinski definition) is 5. The molecule has 2 saturated carbocycles. The zero-order chi connectivity index (χ0) is 22.5. The number of carbonyl (C=O) groups excluding carboxylic acids is 1. The van der Waals surface area contributed by atoms with E-state index in [1.54, 1.807) is 0 Å². The number of anilines is 1. The average molecular weight is 454 g/mol. The van der Waals surface area contributed by atoms with E-state index in [-0.39, 0.29) is 5.41 Å². The SMILES string of the molecule is Cc1ccc(NC(O)CC[C@@H]2CC(=O)[C@@]3(C)CCC4c5ccc(Cl)cc5CCC4C23)nn1. The van der Waals surface area contributed by atoms with Gasteiger partial charge in [0.05, 0.1) is 5.69 Å². The van der Waals surface area contributed by atoms with Gasteiger partial charge in [-0.2, -0.15) is 5.10 Å². The monoisotopic (exact) mass is 453 g/mol. The van der Waals surface area contributed by atoms with E-state index in [2.05, 4.69) is 34.6 Å². The van der Waals surface area contributed by atoms with Gasteiger partial charge in [-0.05, 0) is 105 Å². The first-order chi connectivity index (χ1) is 15.3. The number of halogens is 1. The van der Waals surface area contributed by atoms with E-state index in [1.165, 1.54) is 11.1 Å². The minimum absolute atomic E-state index is 0.212. The summed E-state index contributed by atoms with van der Waals surface area (Å²) in [4.78, 5) is 13.2. The molecular formula is C26H32ClN3O2. The maximum absolute atomic E-state index is 13.2. The lowest BCUT2D eigenvalue weighted by Crippen LogP contribution is -2.44. The number of aliphatic hydroxyl groups excluding tert-OH is 1. The van der Waals surface area contributed by atoms with Crippen LogP contribution >= 0.6 is 11.6 Å². The summed E-state index contributed by atoms with van der Waals surface area (Å²) >= 11 is 6.26. The minimum Gasteiger partial charge on any atom is -0.374 e. The maximum atomic E-state index is 13.2. The number of aliphatic hydroxyl groups is 1. The lowest BCUT2D eigenvalue weighted by molar-refractivity contribution is -0.129. The van der Waals surface area contributed by atoms with E-state index in [1.807, 2.05) is 25.1 Å². The number of rotatable bonds is 5. The molecule has 5 nitrogen and oxygen atoms in total. The number of ketones is 1. The Morgan fingerprint density at radius 1 is 1.25 bits per heavy atom. The molecule has 170 valence electrons. The number of aryl methyl sites for hydroxylation is 2. The largest absolute Gasteiger partial charge is 0.374 e. The van der Waals surface area contributed by atoms with Gasteiger partial charge in [-0.1, -0.05) is 24.6 Å². The number of carbonyl (C=O) groups is 1. The summed E-state index contributed by atoms with van der Waals surface area (Å²) in [5.41, 5.74) is 3.47. The number of Topliss-reactive ketones (excluding diaryl/α,β-unsaturated/α-hetero) is 1. The maximum Gasteiger partial charge on any atom is 0.150 e. The van der Waals surface area contributed by atoms with Crippen LogP contribution in [0, 0.1) is 30.1 Å². The van der Waals surface area contributed by atoms with Crippen molar-refractivity contribution in [1.29, 1.82) is 0 Å². The molecule has 0 bridgehead atoms. The third kappa shape index (κ3) is 3.84. The lowest BCUT2D eigenvalue weighted by atomic mass is 9.54. The molecule has 3 aliphatic rings. The lowest BCUT2D eigenvalue weighted by Gasteiger charge is -2.50. The molecule has 6 atom stereocenters. The van der Waals surface area contributed by atoms with Crippen LogP contribution in [-0.4, -0.2) is 27.3 Å². The molecule has 4 unspecified atom stereocenters. The fraction of sp³-hybridized carbons (Fsp3) is 0.577. The van der Waals surface area contributed by atoms with Gasteiger partial charge in [-0.15, -0.1) is 5.10 Å². The molecule has 1 aromatic heterocycles. The van der Waals surface area contributed by atoms with Gasteiger partial charge in [0.15, 0.2) is 5.82 Å². The van der Waals surface area contributed by atoms with Gasteiger partial charge in [-0.25, -0.2) is 0 Å². The normalized spacial score (nSPS) is 32.1. The molecule has 5 rings (SSSR count). The molecule has 0 saturated heterocycles. The second-order valence-corrected chi connectivity index (χ2v) is 10.8. The van der Waals surface area contributed by atoms with Crippen LogP contribution in [0.2, 0.25) is 5.02 Å². The quantitative estimate of drug-likeness (QED) is 0.601. The predicted molar refractivity (Wildman–Crippen MR) is 126 cm³/mol. The highest BCUT2D eigenvalue weighted by molar-refractivity contribution is 6.30. The predicted octanol–water partition coefficient (Wildman–Crippen LogP) is 5.30. The number of fused-ring (bicyclic) bond motifs is 5. The molecule has 0 aliphatic heterocycles. The van der Waals surface area contributed by atoms with Crippen LogP contribution in [0.1, 0.15) is 68.2 Å². The standard InChI is InChI=1S/C26H32ClN3O2/c1-15-3-9-23(30-29-15)28-24(32)10-5-17-14-22(31)26(2)12-11-20-19-8-6-18(27)13-16(19)4-7-21(20)25(17)26/h3,6,8-9,13,17,20-21,24-25,32H,4-5,7,10-12,14H2,1-2H3,(H,28,30)/t17-,20?,21?,24?,25?,26-/m1/s1. The van der Waals surface area contributed by atoms with E-state index >= 15 is 0 Å². The van der Waals surface area contributed by atoms with Gasteiger partial charge >= 0.3 is 0 Å². The first-order valence-electron chi connectivity index (χ1n) is 11.9. The van der Waals surface area contributed by atoms with Crippen molar-refractivity contribution in [2.75, 3.05) is 5.32 Å². The molecule has 0 spiro atoms. The molecule has 32 heavy (non-hydrogen) atoms. The highest BCUT2D eigenvalue weighted by Crippen LogP contribution is 2.62. The molecule has 2 fully saturated rings. The van der Waals surface area contributed by atoms with E-state index in [4.69, 9.17) is 11.6 Å². The van der Waals surface area contributed by atoms with Crippen molar-refractivity contribution >= 4 is 23.2 Å². The van der Waals surface area contributed by atoms with Crippen LogP contribution in [0.5, 0.6) is 0 Å². The van der Waals surface area contributed by atoms with Gasteiger partial charge in [0.2, 0.25) is 0 Å². The van der Waals surface area contributed by atoms with Crippen molar-refractivity contribution in [3.8, 4) is 0 Å². The van der Waals surface area contributed by atoms with Gasteiger partial charge in [0.25, 0.3) is 0 Å². The highest BCUT2D eigenvalue weighted by atomic mass is 35.5. The third-order valence-electron chi connectivity index (χ3n) is 8.46. The second-order valence-electron chi connectivity index (χ2n) is 10.3. The molecule has 3 aliphatic carbocycles. The summed E-state index contributed by atoms with van der Waals surface area (Å²) < 4.78 is 0. The molecule has 0 amide bonds. The van der Waals surface area contributed by atoms with E-state index in [0.29, 0.717) is 48.1 Å². The smallest absolute Gasteiger partial charge is 0.150 e. The fourth-order valence-corrected chi connectivity index (χ4v) is 7.16. The Labute approximate surface area is 195 Å². The number of nitrogens with one attached hydrogen (secondary N) is 1. The highest BCUT2D eigenvalue weighted by Gasteiger charge is 2.58. The van der Waals surface area contributed by atoms with Gasteiger partial charge in [0.1, 0.15) is 12.0 Å². The number of nitrogens with zero attached hydrogens (tertiary/aromatic N) is 2. The summed E-state index contributed by atoms with van der Waals surface area (Å²) in [7, 11) is 0. The van der Waals surface area contributed by atoms with Crippen molar-refractivity contribution in [3.05, 3.63) is 52.2 Å². The Hall–Kier alpha value is -1.98. The Bertz CT molecular complexity index is 1010. The summed E-state index contributed by atoms with van der Waals surface area (Å²) in [5.74, 6) is 2.79. The van der Waals surface area contributed by atoms with Crippen LogP contribution < -0.4 is 5.32 Å². The Morgan fingerprint density at radius 3 is 2.88 bits per heavy atom. The molecule has 1 aromatic carbocycles. The topological polar surface area (TPSA) is 75.1 Å². The molecule has 2 aromatic rings. The average Bonchev–Trinajstić information content (AvgIpc) is 3.03. The Balaban J connectivity index is 1.31. The van der Waals surface area contributed by atoms with E-state index < -0.39 is 6.23 Å². The molecule has 1 heterocycles. The first kappa shape index (κ1) is 21.8. The van der Waals surface area contributed by atoms with Crippen LogP contribution in [0.3, 0.4) is 0 Å². The molecular weight excluding hydrogens is 422 g/mol. The van der Waals surface area contributed by atoms with Crippen molar-refractivity contribution < 1.29 is 9.90 Å². The van der Waals surface area contributed by atoms with Crippen molar-refractivity contribution in [2.45, 2.75) is 70.9 Å². The van der Waals surface area contributed by atoms with Crippen LogP contribution in [0.15, 0.2) is 30.3 Å². The zero-order valence-electron chi connectivity index (χ0n) is 18.9. The summed E-state index contributed by atoms with van der Waals surface area (Å²) in [6, 6.07) is 10.1. The van der Waals surface area contributed by atoms with E-state index in [9.17, 15) is 9.90 Å². The van der Waals surface area contributed by atoms with Gasteiger partial charge in [0, 0.05) is 16.9 Å². The van der Waals surface area contributed by atoms with E-state index in [0.717, 1.165) is 42.8 Å². The first-order valence-corrected chi connectivity index (χ1v) is 12.3. The summed E-state index contributed by atoms with van der Waals surface area (Å²) in [5, 5.41) is 22.6. The Morgan fingerprint density at radius 2 is 2.09 bits per heavy atom.